The molecule has 0 bridgehead atoms. The van der Waals surface area contributed by atoms with Gasteiger partial charge in [0.2, 0.25) is 8.32 Å². The van der Waals surface area contributed by atoms with E-state index >= 15 is 0 Å². The number of urea groups is 1. The first-order valence-corrected chi connectivity index (χ1v) is 20.6. The lowest BCUT2D eigenvalue weighted by atomic mass is 9.92. The van der Waals surface area contributed by atoms with E-state index in [0.29, 0.717) is 22.9 Å². The van der Waals surface area contributed by atoms with E-state index in [9.17, 15) is 9.18 Å². The topological polar surface area (TPSA) is 104 Å². The summed E-state index contributed by atoms with van der Waals surface area (Å²) in [6.07, 6.45) is 1.90. The molecule has 2 N–H and O–H groups in total. The Labute approximate surface area is 303 Å². The molecule has 0 aliphatic carbocycles. The van der Waals surface area contributed by atoms with Crippen LogP contribution < -0.4 is 15.1 Å². The third-order valence-electron chi connectivity index (χ3n) is 9.28. The number of amides is 2. The quantitative estimate of drug-likeness (QED) is 0.149. The zero-order valence-corrected chi connectivity index (χ0v) is 32.1. The summed E-state index contributed by atoms with van der Waals surface area (Å²) in [4.78, 5) is 16.6. The summed E-state index contributed by atoms with van der Waals surface area (Å²) in [5, 5.41) is 13.5. The highest BCUT2D eigenvalue weighted by molar-refractivity contribution is 7.99. The maximum absolute atomic E-state index is 14.7. The standard InChI is InChI=1S/C39H44FN7O2SSi/c1-38(2,3)33-23-35(47(44-33)27-17-19-28(20-18-27)49-51(7,8)39(4,5)6)46(37(41)48)24-26-13-9-12-16-32(26)50-29-21-22-34-42-43-36(45(34)25-29)30-14-10-11-15-31(30)40/h9-23,25H,24H2,1-8H3,(H2,41,48). The second kappa shape index (κ2) is 13.6. The number of carbonyl (C=O) groups excluding carboxylic acids is 1. The minimum absolute atomic E-state index is 0.0625. The van der Waals surface area contributed by atoms with Crippen molar-refractivity contribution >= 4 is 37.6 Å². The first-order valence-electron chi connectivity index (χ1n) is 16.8. The van der Waals surface area contributed by atoms with Gasteiger partial charge in [-0.1, -0.05) is 83.6 Å². The van der Waals surface area contributed by atoms with Crippen molar-refractivity contribution in [1.82, 2.24) is 24.4 Å². The van der Waals surface area contributed by atoms with Crippen molar-refractivity contribution in [1.29, 1.82) is 0 Å². The maximum Gasteiger partial charge on any atom is 0.320 e. The van der Waals surface area contributed by atoms with Crippen molar-refractivity contribution in [2.24, 2.45) is 5.73 Å². The van der Waals surface area contributed by atoms with E-state index in [1.807, 2.05) is 72.9 Å². The molecule has 51 heavy (non-hydrogen) atoms. The van der Waals surface area contributed by atoms with Gasteiger partial charge in [-0.3, -0.25) is 9.30 Å². The van der Waals surface area contributed by atoms with Gasteiger partial charge in [0.25, 0.3) is 0 Å². The molecule has 0 fully saturated rings. The second-order valence-corrected chi connectivity index (χ2v) is 21.0. The molecule has 2 amide bonds. The molecule has 0 saturated heterocycles. The largest absolute Gasteiger partial charge is 0.544 e. The van der Waals surface area contributed by atoms with E-state index < -0.39 is 14.3 Å². The van der Waals surface area contributed by atoms with Crippen molar-refractivity contribution in [3.8, 4) is 22.8 Å². The van der Waals surface area contributed by atoms with Crippen LogP contribution in [0.25, 0.3) is 22.7 Å². The van der Waals surface area contributed by atoms with Gasteiger partial charge in [-0.25, -0.2) is 13.9 Å². The lowest BCUT2D eigenvalue weighted by molar-refractivity contribution is 0.253. The number of fused-ring (bicyclic) bond motifs is 1. The molecule has 6 aromatic rings. The lowest BCUT2D eigenvalue weighted by Gasteiger charge is -2.36. The number of anilines is 1. The average Bonchev–Trinajstić information content (AvgIpc) is 3.69. The van der Waals surface area contributed by atoms with Crippen LogP contribution in [-0.4, -0.2) is 38.7 Å². The first kappa shape index (κ1) is 35.9. The number of rotatable bonds is 9. The molecule has 12 heteroatoms. The fourth-order valence-corrected chi connectivity index (χ4v) is 7.27. The number of carbonyl (C=O) groups is 1. The number of primary amides is 1. The van der Waals surface area contributed by atoms with E-state index in [0.717, 1.165) is 32.5 Å². The van der Waals surface area contributed by atoms with Crippen molar-refractivity contribution in [3.63, 3.8) is 0 Å². The zero-order valence-electron chi connectivity index (χ0n) is 30.3. The minimum atomic E-state index is -2.03. The van der Waals surface area contributed by atoms with E-state index in [2.05, 4.69) is 64.8 Å². The summed E-state index contributed by atoms with van der Waals surface area (Å²) in [7, 11) is -2.03. The molecule has 3 aromatic heterocycles. The van der Waals surface area contributed by atoms with Gasteiger partial charge in [0.1, 0.15) is 17.4 Å². The fraction of sp³-hybridized carbons (Fsp3) is 0.282. The molecule has 0 spiro atoms. The molecule has 0 radical (unpaired) electrons. The van der Waals surface area contributed by atoms with Crippen LogP contribution in [0.15, 0.2) is 107 Å². The smallest absolute Gasteiger partial charge is 0.320 e. The summed E-state index contributed by atoms with van der Waals surface area (Å²) in [5.41, 5.74) is 9.31. The van der Waals surface area contributed by atoms with Gasteiger partial charge in [-0.2, -0.15) is 5.10 Å². The highest BCUT2D eigenvalue weighted by atomic mass is 32.2. The molecular formula is C39H44FN7O2SSi. The van der Waals surface area contributed by atoms with Gasteiger partial charge in [-0.05, 0) is 78.3 Å². The van der Waals surface area contributed by atoms with Crippen LogP contribution in [0.1, 0.15) is 52.8 Å². The van der Waals surface area contributed by atoms with E-state index in [4.69, 9.17) is 15.3 Å². The van der Waals surface area contributed by atoms with Crippen molar-refractivity contribution < 1.29 is 13.6 Å². The van der Waals surface area contributed by atoms with Gasteiger partial charge >= 0.3 is 6.03 Å². The number of nitrogens with zero attached hydrogens (tertiary/aromatic N) is 6. The first-order chi connectivity index (χ1) is 24.0. The van der Waals surface area contributed by atoms with Crippen molar-refractivity contribution in [3.05, 3.63) is 114 Å². The minimum Gasteiger partial charge on any atom is -0.544 e. The van der Waals surface area contributed by atoms with Crippen LogP contribution in [0.4, 0.5) is 15.0 Å². The molecule has 0 atom stereocenters. The Morgan fingerprint density at radius 3 is 2.27 bits per heavy atom. The number of benzene rings is 3. The molecule has 9 nitrogen and oxygen atoms in total. The lowest BCUT2D eigenvalue weighted by Crippen LogP contribution is -2.43. The number of nitrogens with two attached hydrogens (primary N) is 1. The third-order valence-corrected chi connectivity index (χ3v) is 14.7. The van der Waals surface area contributed by atoms with Gasteiger partial charge in [0.05, 0.1) is 23.5 Å². The number of halogens is 1. The van der Waals surface area contributed by atoms with Gasteiger partial charge in [-0.15, -0.1) is 10.2 Å². The molecule has 3 aromatic carbocycles. The predicted molar refractivity (Wildman–Crippen MR) is 205 cm³/mol. The Morgan fingerprint density at radius 2 is 1.61 bits per heavy atom. The highest BCUT2D eigenvalue weighted by Crippen LogP contribution is 2.38. The molecule has 0 aliphatic heterocycles. The predicted octanol–water partition coefficient (Wildman–Crippen LogP) is 9.64. The van der Waals surface area contributed by atoms with Gasteiger partial charge in [0.15, 0.2) is 11.5 Å². The third kappa shape index (κ3) is 7.57. The Balaban J connectivity index is 1.33. The van der Waals surface area contributed by atoms with Crippen LogP contribution in [0, 0.1) is 5.82 Å². The summed E-state index contributed by atoms with van der Waals surface area (Å²) in [5.74, 6) is 1.41. The Hall–Kier alpha value is -4.94. The monoisotopic (exact) mass is 721 g/mol. The number of hydrogen-bond acceptors (Lipinski definition) is 6. The molecule has 0 saturated carbocycles. The SMILES string of the molecule is CC(C)(C)c1cc(N(Cc2ccccc2Sc2ccc3nnc(-c4ccccc4F)n3c2)C(N)=O)n(-c2ccc(O[Si](C)(C)C(C)(C)C)cc2)n1. The fourth-order valence-electron chi connectivity index (χ4n) is 5.28. The average molecular weight is 722 g/mol. The normalized spacial score (nSPS) is 12.3. The van der Waals surface area contributed by atoms with Gasteiger partial charge < -0.3 is 10.2 Å². The van der Waals surface area contributed by atoms with Crippen LogP contribution in [0.3, 0.4) is 0 Å². The zero-order chi connectivity index (χ0) is 36.7. The molecule has 3 heterocycles. The van der Waals surface area contributed by atoms with Crippen LogP contribution in [-0.2, 0) is 12.0 Å². The summed E-state index contributed by atoms with van der Waals surface area (Å²) < 4.78 is 24.8. The maximum atomic E-state index is 14.7. The van der Waals surface area contributed by atoms with E-state index in [1.54, 1.807) is 32.2 Å². The Kier molecular flexibility index (Phi) is 9.60. The Morgan fingerprint density at radius 1 is 0.922 bits per heavy atom. The molecule has 6 rings (SSSR count). The molecular weight excluding hydrogens is 678 g/mol. The van der Waals surface area contributed by atoms with Gasteiger partial charge in [0, 0.05) is 27.5 Å². The summed E-state index contributed by atoms with van der Waals surface area (Å²) in [6.45, 7) is 17.6. The molecule has 264 valence electrons. The van der Waals surface area contributed by atoms with E-state index in [-0.39, 0.29) is 22.8 Å². The number of aromatic nitrogens is 5. The summed E-state index contributed by atoms with van der Waals surface area (Å²) >= 11 is 1.53. The van der Waals surface area contributed by atoms with Crippen LogP contribution in [0.5, 0.6) is 5.75 Å². The molecule has 0 unspecified atom stereocenters. The highest BCUT2D eigenvalue weighted by Gasteiger charge is 2.39. The second-order valence-electron chi connectivity index (χ2n) is 15.1. The number of hydrogen-bond donors (Lipinski definition) is 1. The summed E-state index contributed by atoms with van der Waals surface area (Å²) in [6, 6.07) is 27.4. The Bertz CT molecular complexity index is 2200. The number of pyridine rings is 1. The van der Waals surface area contributed by atoms with Crippen molar-refractivity contribution in [2.75, 3.05) is 4.90 Å². The van der Waals surface area contributed by atoms with E-state index in [1.165, 1.54) is 17.8 Å². The van der Waals surface area contributed by atoms with Crippen molar-refractivity contribution in [2.45, 2.75) is 81.4 Å². The van der Waals surface area contributed by atoms with Crippen LogP contribution >= 0.6 is 11.8 Å². The molecule has 0 aliphatic rings. The van der Waals surface area contributed by atoms with Crippen LogP contribution in [0.2, 0.25) is 18.1 Å².